The van der Waals surface area contributed by atoms with Gasteiger partial charge in [0.15, 0.2) is 0 Å². The Kier molecular flexibility index (Phi) is 7.55. The number of pyridine rings is 1. The maximum atomic E-state index is 14.5. The largest absolute Gasteiger partial charge is 0.417 e. The van der Waals surface area contributed by atoms with Gasteiger partial charge in [0.05, 0.1) is 22.8 Å². The molecule has 1 aromatic heterocycles. The highest BCUT2D eigenvalue weighted by molar-refractivity contribution is 5.64. The molecule has 2 heterocycles. The van der Waals surface area contributed by atoms with Gasteiger partial charge in [0.2, 0.25) is 0 Å². The van der Waals surface area contributed by atoms with E-state index >= 15 is 0 Å². The SMILES string of the molecule is C=NC=NC(Nc1cc(F)c(C(C)(C)O)cn1)=C1CCN(c2ccc(C#N)c(C(F)(F)F)c2)CC1. The monoisotopic (exact) mass is 488 g/mol. The molecular weight excluding hydrogens is 464 g/mol. The van der Waals surface area contributed by atoms with Gasteiger partial charge in [-0.1, -0.05) is 0 Å². The number of piperidine rings is 1. The molecular formula is C24H24F4N6O. The van der Waals surface area contributed by atoms with Crippen LogP contribution in [-0.4, -0.2) is 36.2 Å². The number of nitrogens with one attached hydrogen (secondary N) is 1. The number of hydrogen-bond acceptors (Lipinski definition) is 6. The number of benzene rings is 1. The second-order valence-corrected chi connectivity index (χ2v) is 8.44. The molecule has 1 aliphatic heterocycles. The number of hydrogen-bond donors (Lipinski definition) is 2. The second-order valence-electron chi connectivity index (χ2n) is 8.44. The van der Waals surface area contributed by atoms with Crippen LogP contribution in [0.5, 0.6) is 0 Å². The first kappa shape index (κ1) is 25.8. The summed E-state index contributed by atoms with van der Waals surface area (Å²) in [5, 5.41) is 22.0. The molecule has 0 spiro atoms. The number of halogens is 4. The Morgan fingerprint density at radius 1 is 1.23 bits per heavy atom. The zero-order valence-corrected chi connectivity index (χ0v) is 19.2. The van der Waals surface area contributed by atoms with Crippen LogP contribution in [0.25, 0.3) is 0 Å². The number of nitriles is 1. The number of anilines is 2. The van der Waals surface area contributed by atoms with Gasteiger partial charge in [-0.15, -0.1) is 0 Å². The summed E-state index contributed by atoms with van der Waals surface area (Å²) in [5.74, 6) is -0.0828. The minimum absolute atomic E-state index is 0.0439. The molecule has 1 aliphatic rings. The average molecular weight is 488 g/mol. The smallest absolute Gasteiger partial charge is 0.386 e. The highest BCUT2D eigenvalue weighted by Gasteiger charge is 2.34. The predicted octanol–water partition coefficient (Wildman–Crippen LogP) is 4.99. The third-order valence-electron chi connectivity index (χ3n) is 5.52. The minimum Gasteiger partial charge on any atom is -0.386 e. The second kappa shape index (κ2) is 10.2. The van der Waals surface area contributed by atoms with Crippen molar-refractivity contribution >= 4 is 24.6 Å². The van der Waals surface area contributed by atoms with E-state index in [0.29, 0.717) is 37.4 Å². The molecule has 2 aromatic rings. The highest BCUT2D eigenvalue weighted by atomic mass is 19.4. The third-order valence-corrected chi connectivity index (χ3v) is 5.52. The van der Waals surface area contributed by atoms with E-state index in [2.05, 4.69) is 27.0 Å². The summed E-state index contributed by atoms with van der Waals surface area (Å²) < 4.78 is 54.5. The van der Waals surface area contributed by atoms with Crippen molar-refractivity contribution in [3.05, 3.63) is 64.4 Å². The van der Waals surface area contributed by atoms with E-state index in [-0.39, 0.29) is 11.4 Å². The maximum absolute atomic E-state index is 14.5. The van der Waals surface area contributed by atoms with Crippen molar-refractivity contribution in [2.45, 2.75) is 38.5 Å². The summed E-state index contributed by atoms with van der Waals surface area (Å²) in [4.78, 5) is 13.8. The number of rotatable bonds is 6. The van der Waals surface area contributed by atoms with Crippen molar-refractivity contribution < 1.29 is 22.7 Å². The molecule has 11 heteroatoms. The molecule has 0 amide bonds. The summed E-state index contributed by atoms with van der Waals surface area (Å²) in [5.41, 5.74) is -1.53. The quantitative estimate of drug-likeness (QED) is 0.339. The molecule has 0 bridgehead atoms. The molecule has 0 atom stereocenters. The zero-order valence-electron chi connectivity index (χ0n) is 19.2. The van der Waals surface area contributed by atoms with Crippen LogP contribution in [0, 0.1) is 17.1 Å². The van der Waals surface area contributed by atoms with Crippen molar-refractivity contribution in [1.82, 2.24) is 4.98 Å². The van der Waals surface area contributed by atoms with Crippen molar-refractivity contribution in [1.29, 1.82) is 5.26 Å². The Morgan fingerprint density at radius 3 is 2.46 bits per heavy atom. The Labute approximate surface area is 200 Å². The molecule has 0 saturated carbocycles. The summed E-state index contributed by atoms with van der Waals surface area (Å²) in [6.07, 6.45) is -1.25. The summed E-state index contributed by atoms with van der Waals surface area (Å²) in [6.45, 7) is 7.06. The fourth-order valence-corrected chi connectivity index (χ4v) is 3.71. The summed E-state index contributed by atoms with van der Waals surface area (Å²) in [6, 6.07) is 6.39. The molecule has 7 nitrogen and oxygen atoms in total. The normalized spacial score (nSPS) is 14.7. The van der Waals surface area contributed by atoms with Gasteiger partial charge in [-0.2, -0.15) is 18.4 Å². The van der Waals surface area contributed by atoms with E-state index in [9.17, 15) is 22.7 Å². The molecule has 0 unspecified atom stereocenters. The van der Waals surface area contributed by atoms with Crippen LogP contribution in [0.1, 0.15) is 43.4 Å². The van der Waals surface area contributed by atoms with Crippen LogP contribution in [0.3, 0.4) is 0 Å². The van der Waals surface area contributed by atoms with Crippen molar-refractivity contribution in [2.75, 3.05) is 23.3 Å². The standard InChI is InChI=1S/C24H24F4N6O/c1-23(2,35)19-13-31-21(11-20(19)25)33-22(32-14-30-3)15-6-8-34(9-7-15)17-5-4-16(12-29)18(10-17)24(26,27)28/h4-5,10-11,13-14,35H,3,6-9H2,1-2H3,(H,31,33). The number of aliphatic imine (C=N–C) groups is 2. The Morgan fingerprint density at radius 2 is 1.91 bits per heavy atom. The van der Waals surface area contributed by atoms with E-state index < -0.39 is 28.7 Å². The van der Waals surface area contributed by atoms with Crippen molar-refractivity contribution in [3.8, 4) is 6.07 Å². The van der Waals surface area contributed by atoms with Crippen LogP contribution in [0.4, 0.5) is 29.1 Å². The van der Waals surface area contributed by atoms with E-state index in [0.717, 1.165) is 17.7 Å². The van der Waals surface area contributed by atoms with Crippen LogP contribution in [0.15, 0.2) is 51.8 Å². The molecule has 1 aromatic carbocycles. The molecule has 184 valence electrons. The Bertz CT molecular complexity index is 1200. The van der Waals surface area contributed by atoms with Crippen molar-refractivity contribution in [3.63, 3.8) is 0 Å². The molecule has 0 aliphatic carbocycles. The highest BCUT2D eigenvalue weighted by Crippen LogP contribution is 2.35. The molecule has 35 heavy (non-hydrogen) atoms. The summed E-state index contributed by atoms with van der Waals surface area (Å²) >= 11 is 0. The first-order valence-corrected chi connectivity index (χ1v) is 10.7. The van der Waals surface area contributed by atoms with E-state index in [1.54, 1.807) is 11.0 Å². The molecule has 1 saturated heterocycles. The lowest BCUT2D eigenvalue weighted by molar-refractivity contribution is -0.137. The Balaban J connectivity index is 1.83. The average Bonchev–Trinajstić information content (AvgIpc) is 2.80. The van der Waals surface area contributed by atoms with E-state index in [1.807, 2.05) is 0 Å². The van der Waals surface area contributed by atoms with Crippen LogP contribution in [-0.2, 0) is 11.8 Å². The lowest BCUT2D eigenvalue weighted by Gasteiger charge is -2.31. The third kappa shape index (κ3) is 6.22. The van der Waals surface area contributed by atoms with Gasteiger partial charge < -0.3 is 15.3 Å². The number of alkyl halides is 3. The first-order valence-electron chi connectivity index (χ1n) is 10.7. The van der Waals surface area contributed by atoms with E-state index in [1.165, 1.54) is 38.5 Å². The number of nitrogens with zero attached hydrogens (tertiary/aromatic N) is 5. The molecule has 2 N–H and O–H groups in total. The fraction of sp³-hybridized carbons (Fsp3) is 0.333. The molecule has 3 rings (SSSR count). The lowest BCUT2D eigenvalue weighted by Crippen LogP contribution is -2.31. The lowest BCUT2D eigenvalue weighted by atomic mass is 10.00. The topological polar surface area (TPSA) is 96.9 Å². The van der Waals surface area contributed by atoms with Crippen LogP contribution < -0.4 is 10.2 Å². The van der Waals surface area contributed by atoms with Crippen LogP contribution >= 0.6 is 0 Å². The number of aromatic nitrogens is 1. The van der Waals surface area contributed by atoms with Gasteiger partial charge in [0.1, 0.15) is 23.8 Å². The number of aliphatic hydroxyl groups is 1. The van der Waals surface area contributed by atoms with Gasteiger partial charge in [0, 0.05) is 36.6 Å². The maximum Gasteiger partial charge on any atom is 0.417 e. The summed E-state index contributed by atoms with van der Waals surface area (Å²) in [7, 11) is 0. The van der Waals surface area contributed by atoms with Gasteiger partial charge in [-0.3, -0.25) is 4.99 Å². The van der Waals surface area contributed by atoms with Gasteiger partial charge in [0.25, 0.3) is 0 Å². The van der Waals surface area contributed by atoms with Crippen molar-refractivity contribution in [2.24, 2.45) is 9.98 Å². The predicted molar refractivity (Wildman–Crippen MR) is 126 cm³/mol. The van der Waals surface area contributed by atoms with Gasteiger partial charge >= 0.3 is 6.18 Å². The first-order chi connectivity index (χ1) is 16.4. The van der Waals surface area contributed by atoms with Gasteiger partial charge in [-0.25, -0.2) is 14.4 Å². The molecule has 0 radical (unpaired) electrons. The Hall–Kier alpha value is -3.78. The van der Waals surface area contributed by atoms with Crippen LogP contribution in [0.2, 0.25) is 0 Å². The van der Waals surface area contributed by atoms with E-state index in [4.69, 9.17) is 5.26 Å². The fourth-order valence-electron chi connectivity index (χ4n) is 3.71. The van der Waals surface area contributed by atoms with Gasteiger partial charge in [-0.05, 0) is 57.2 Å². The molecule has 1 fully saturated rings. The minimum atomic E-state index is -4.63. The zero-order chi connectivity index (χ0) is 25.8.